The van der Waals surface area contributed by atoms with Crippen LogP contribution in [0.3, 0.4) is 0 Å². The molecule has 3 nitrogen and oxygen atoms in total. The third-order valence-electron chi connectivity index (χ3n) is 4.67. The highest BCUT2D eigenvalue weighted by Crippen LogP contribution is 2.30. The molecule has 0 amide bonds. The second-order valence-electron chi connectivity index (χ2n) is 6.21. The van der Waals surface area contributed by atoms with E-state index in [2.05, 4.69) is 18.9 Å². The van der Waals surface area contributed by atoms with Crippen molar-refractivity contribution in [3.63, 3.8) is 0 Å². The van der Waals surface area contributed by atoms with Crippen molar-refractivity contribution in [1.82, 2.24) is 9.78 Å². The molecule has 0 aliphatic heterocycles. The molecule has 0 bridgehead atoms. The Kier molecular flexibility index (Phi) is 4.43. The number of rotatable bonds is 4. The van der Waals surface area contributed by atoms with Crippen LogP contribution < -0.4 is 0 Å². The van der Waals surface area contributed by atoms with Crippen LogP contribution in [-0.2, 0) is 18.3 Å². The lowest BCUT2D eigenvalue weighted by molar-refractivity contribution is -0.124. The number of hydrogen-bond donors (Lipinski definition) is 0. The number of aromatic nitrogens is 2. The summed E-state index contributed by atoms with van der Waals surface area (Å²) in [7, 11) is 1.97. The lowest BCUT2D eigenvalue weighted by atomic mass is 9.79. The van der Waals surface area contributed by atoms with Crippen LogP contribution in [-0.4, -0.2) is 15.6 Å². The van der Waals surface area contributed by atoms with E-state index in [0.717, 1.165) is 30.9 Å². The monoisotopic (exact) mass is 262 g/mol. The number of aryl methyl sites for hydroxylation is 2. The predicted octanol–water partition coefficient (Wildman–Crippen LogP) is 3.36. The second kappa shape index (κ2) is 5.89. The van der Waals surface area contributed by atoms with Crippen molar-refractivity contribution in [1.29, 1.82) is 0 Å². The van der Waals surface area contributed by atoms with Gasteiger partial charge in [-0.1, -0.05) is 19.8 Å². The van der Waals surface area contributed by atoms with Crippen LogP contribution in [0.1, 0.15) is 56.0 Å². The van der Waals surface area contributed by atoms with Crippen LogP contribution >= 0.6 is 0 Å². The summed E-state index contributed by atoms with van der Waals surface area (Å²) in [5, 5.41) is 4.42. The third-order valence-corrected chi connectivity index (χ3v) is 4.67. The van der Waals surface area contributed by atoms with Crippen molar-refractivity contribution < 1.29 is 4.79 Å². The summed E-state index contributed by atoms with van der Waals surface area (Å²) in [6, 6.07) is 0. The molecule has 0 radical (unpaired) electrons. The minimum absolute atomic E-state index is 0.320. The zero-order valence-electron chi connectivity index (χ0n) is 12.7. The Morgan fingerprint density at radius 3 is 2.68 bits per heavy atom. The molecule has 19 heavy (non-hydrogen) atoms. The van der Waals surface area contributed by atoms with Crippen LogP contribution in [0.15, 0.2) is 0 Å². The van der Waals surface area contributed by atoms with E-state index in [1.165, 1.54) is 24.1 Å². The second-order valence-corrected chi connectivity index (χ2v) is 6.21. The first-order valence-electron chi connectivity index (χ1n) is 7.50. The van der Waals surface area contributed by atoms with Crippen LogP contribution in [0.5, 0.6) is 0 Å². The first-order chi connectivity index (χ1) is 8.99. The number of carbonyl (C=O) groups is 1. The average Bonchev–Trinajstić information content (AvgIpc) is 2.61. The van der Waals surface area contributed by atoms with E-state index in [1.807, 2.05) is 18.7 Å². The number of ketones is 1. The molecule has 1 heterocycles. The number of nitrogens with zero attached hydrogens (tertiary/aromatic N) is 2. The summed E-state index contributed by atoms with van der Waals surface area (Å²) in [5.74, 6) is 1.51. The summed E-state index contributed by atoms with van der Waals surface area (Å²) in [6.45, 7) is 6.40. The van der Waals surface area contributed by atoms with E-state index in [4.69, 9.17) is 0 Å². The molecule has 0 aromatic carbocycles. The molecule has 1 aromatic heterocycles. The van der Waals surface area contributed by atoms with Gasteiger partial charge < -0.3 is 0 Å². The van der Waals surface area contributed by atoms with Gasteiger partial charge in [-0.2, -0.15) is 5.10 Å². The van der Waals surface area contributed by atoms with Gasteiger partial charge >= 0.3 is 0 Å². The highest BCUT2D eigenvalue weighted by Gasteiger charge is 2.25. The summed E-state index contributed by atoms with van der Waals surface area (Å²) in [5.41, 5.74) is 3.53. The minimum Gasteiger partial charge on any atom is -0.299 e. The molecule has 0 saturated heterocycles. The molecule has 1 aromatic rings. The zero-order valence-corrected chi connectivity index (χ0v) is 12.7. The van der Waals surface area contributed by atoms with Gasteiger partial charge in [-0.15, -0.1) is 0 Å². The number of Topliss-reactive ketones (excluding diaryl/α,β-unsaturated/α-hetero) is 1. The lowest BCUT2D eigenvalue weighted by Gasteiger charge is -2.25. The molecule has 1 fully saturated rings. The van der Waals surface area contributed by atoms with Gasteiger partial charge in [0.2, 0.25) is 0 Å². The standard InChI is InChI=1S/C16H26N2O/c1-11-6-5-7-14(10-11)16(19)9-8-15-12(2)17-18(4)13(15)3/h11,14H,5-10H2,1-4H3. The Labute approximate surface area is 116 Å². The van der Waals surface area contributed by atoms with Crippen molar-refractivity contribution in [2.75, 3.05) is 0 Å². The first-order valence-corrected chi connectivity index (χ1v) is 7.50. The minimum atomic E-state index is 0.320. The normalized spacial score (nSPS) is 23.6. The fraction of sp³-hybridized carbons (Fsp3) is 0.750. The molecule has 3 heteroatoms. The van der Waals surface area contributed by atoms with Gasteiger partial charge in [-0.05, 0) is 44.6 Å². The van der Waals surface area contributed by atoms with Crippen molar-refractivity contribution in [3.8, 4) is 0 Å². The van der Waals surface area contributed by atoms with Gasteiger partial charge in [0, 0.05) is 25.1 Å². The lowest BCUT2D eigenvalue weighted by Crippen LogP contribution is -2.22. The van der Waals surface area contributed by atoms with E-state index in [0.29, 0.717) is 18.1 Å². The zero-order chi connectivity index (χ0) is 14.0. The topological polar surface area (TPSA) is 34.9 Å². The molecule has 2 rings (SSSR count). The fourth-order valence-corrected chi connectivity index (χ4v) is 3.36. The van der Waals surface area contributed by atoms with Gasteiger partial charge in [0.25, 0.3) is 0 Å². The van der Waals surface area contributed by atoms with E-state index in [-0.39, 0.29) is 0 Å². The largest absolute Gasteiger partial charge is 0.299 e. The summed E-state index contributed by atoms with van der Waals surface area (Å²) in [4.78, 5) is 12.3. The molecule has 1 aliphatic rings. The maximum Gasteiger partial charge on any atom is 0.136 e. The van der Waals surface area contributed by atoms with Gasteiger partial charge in [-0.3, -0.25) is 9.48 Å². The summed E-state index contributed by atoms with van der Waals surface area (Å²) >= 11 is 0. The molecule has 2 unspecified atom stereocenters. The SMILES string of the molecule is Cc1nn(C)c(C)c1CCC(=O)C1CCCC(C)C1. The van der Waals surface area contributed by atoms with E-state index in [1.54, 1.807) is 0 Å². The van der Waals surface area contributed by atoms with Crippen molar-refractivity contribution >= 4 is 5.78 Å². The number of hydrogen-bond acceptors (Lipinski definition) is 2. The van der Waals surface area contributed by atoms with Gasteiger partial charge in [0.15, 0.2) is 0 Å². The highest BCUT2D eigenvalue weighted by molar-refractivity contribution is 5.81. The quantitative estimate of drug-likeness (QED) is 0.834. The molecule has 0 spiro atoms. The summed E-state index contributed by atoms with van der Waals surface area (Å²) in [6.07, 6.45) is 6.27. The molecule has 106 valence electrons. The van der Waals surface area contributed by atoms with Crippen LogP contribution in [0.4, 0.5) is 0 Å². The average molecular weight is 262 g/mol. The Balaban J connectivity index is 1.93. The Morgan fingerprint density at radius 2 is 2.11 bits per heavy atom. The Hall–Kier alpha value is -1.12. The van der Waals surface area contributed by atoms with Crippen LogP contribution in [0.25, 0.3) is 0 Å². The van der Waals surface area contributed by atoms with Crippen LogP contribution in [0.2, 0.25) is 0 Å². The maximum atomic E-state index is 12.3. The van der Waals surface area contributed by atoms with E-state index in [9.17, 15) is 4.79 Å². The molecule has 1 aliphatic carbocycles. The number of carbonyl (C=O) groups excluding carboxylic acids is 1. The van der Waals surface area contributed by atoms with Gasteiger partial charge in [-0.25, -0.2) is 0 Å². The third kappa shape index (κ3) is 3.26. The molecule has 0 N–H and O–H groups in total. The molecular formula is C16H26N2O. The molecular weight excluding hydrogens is 236 g/mol. The highest BCUT2D eigenvalue weighted by atomic mass is 16.1. The predicted molar refractivity (Wildman–Crippen MR) is 77.1 cm³/mol. The van der Waals surface area contributed by atoms with E-state index >= 15 is 0 Å². The van der Waals surface area contributed by atoms with Crippen molar-refractivity contribution in [2.24, 2.45) is 18.9 Å². The van der Waals surface area contributed by atoms with Crippen LogP contribution in [0, 0.1) is 25.7 Å². The fourth-order valence-electron chi connectivity index (χ4n) is 3.36. The maximum absolute atomic E-state index is 12.3. The Bertz CT molecular complexity index is 462. The molecule has 1 saturated carbocycles. The Morgan fingerprint density at radius 1 is 1.37 bits per heavy atom. The van der Waals surface area contributed by atoms with Gasteiger partial charge in [0.1, 0.15) is 5.78 Å². The first kappa shape index (κ1) is 14.3. The van der Waals surface area contributed by atoms with E-state index < -0.39 is 0 Å². The summed E-state index contributed by atoms with van der Waals surface area (Å²) < 4.78 is 1.91. The molecule has 2 atom stereocenters. The smallest absolute Gasteiger partial charge is 0.136 e. The van der Waals surface area contributed by atoms with Crippen molar-refractivity contribution in [3.05, 3.63) is 17.0 Å². The van der Waals surface area contributed by atoms with Crippen molar-refractivity contribution in [2.45, 2.75) is 59.3 Å². The van der Waals surface area contributed by atoms with Gasteiger partial charge in [0.05, 0.1) is 5.69 Å².